The first-order valence-corrected chi connectivity index (χ1v) is 10.5. The van der Waals surface area contributed by atoms with E-state index in [1.165, 1.54) is 18.2 Å². The first-order chi connectivity index (χ1) is 14.5. The van der Waals surface area contributed by atoms with Crippen LogP contribution in [0, 0.1) is 11.6 Å². The van der Waals surface area contributed by atoms with Crippen molar-refractivity contribution < 1.29 is 18.3 Å². The molecule has 0 spiro atoms. The van der Waals surface area contributed by atoms with Crippen LogP contribution in [-0.2, 0) is 19.6 Å². The van der Waals surface area contributed by atoms with Crippen LogP contribution in [0.5, 0.6) is 11.5 Å². The van der Waals surface area contributed by atoms with Gasteiger partial charge in [0.05, 0.1) is 12.1 Å². The SMILES string of the molecule is COc1cc(CNCCc2ccc(F)cc2)c(Br)cc1OCc1c(F)cccc1Cl. The zero-order chi connectivity index (χ0) is 21.5. The fourth-order valence-electron chi connectivity index (χ4n) is 2.91. The molecule has 3 nitrogen and oxygen atoms in total. The highest BCUT2D eigenvalue weighted by Crippen LogP contribution is 2.34. The Labute approximate surface area is 188 Å². The lowest BCUT2D eigenvalue weighted by Crippen LogP contribution is -2.17. The highest BCUT2D eigenvalue weighted by molar-refractivity contribution is 9.10. The third-order valence-corrected chi connectivity index (χ3v) is 5.68. The largest absolute Gasteiger partial charge is 0.493 e. The molecule has 0 heterocycles. The highest BCUT2D eigenvalue weighted by atomic mass is 79.9. The van der Waals surface area contributed by atoms with Crippen molar-refractivity contribution in [1.29, 1.82) is 0 Å². The minimum absolute atomic E-state index is 0.0103. The molecule has 0 unspecified atom stereocenters. The van der Waals surface area contributed by atoms with E-state index < -0.39 is 5.82 Å². The predicted molar refractivity (Wildman–Crippen MR) is 118 cm³/mol. The molecule has 0 aliphatic carbocycles. The number of ether oxygens (including phenoxy) is 2. The molecule has 3 rings (SSSR count). The second-order valence-electron chi connectivity index (χ2n) is 6.64. The summed E-state index contributed by atoms with van der Waals surface area (Å²) in [5, 5.41) is 3.68. The van der Waals surface area contributed by atoms with Crippen molar-refractivity contribution in [3.63, 3.8) is 0 Å². The number of methoxy groups -OCH3 is 1. The van der Waals surface area contributed by atoms with Crippen molar-refractivity contribution in [1.82, 2.24) is 5.32 Å². The first-order valence-electron chi connectivity index (χ1n) is 9.35. The summed E-state index contributed by atoms with van der Waals surface area (Å²) in [6.45, 7) is 1.34. The van der Waals surface area contributed by atoms with Gasteiger partial charge in [-0.05, 0) is 60.5 Å². The summed E-state index contributed by atoms with van der Waals surface area (Å²) < 4.78 is 39.0. The second kappa shape index (κ2) is 10.8. The van der Waals surface area contributed by atoms with Crippen molar-refractivity contribution >= 4 is 27.5 Å². The van der Waals surface area contributed by atoms with Crippen LogP contribution in [0.4, 0.5) is 8.78 Å². The van der Waals surface area contributed by atoms with Crippen molar-refractivity contribution in [2.75, 3.05) is 13.7 Å². The van der Waals surface area contributed by atoms with Gasteiger partial charge in [0.1, 0.15) is 18.2 Å². The molecule has 0 radical (unpaired) electrons. The van der Waals surface area contributed by atoms with E-state index in [1.54, 1.807) is 37.4 Å². The van der Waals surface area contributed by atoms with Crippen molar-refractivity contribution in [2.24, 2.45) is 0 Å². The van der Waals surface area contributed by atoms with Crippen LogP contribution >= 0.6 is 27.5 Å². The van der Waals surface area contributed by atoms with Crippen LogP contribution in [0.3, 0.4) is 0 Å². The number of hydrogen-bond acceptors (Lipinski definition) is 3. The minimum atomic E-state index is -0.414. The monoisotopic (exact) mass is 495 g/mol. The fourth-order valence-corrected chi connectivity index (χ4v) is 3.59. The van der Waals surface area contributed by atoms with Crippen molar-refractivity contribution in [3.05, 3.63) is 92.4 Å². The van der Waals surface area contributed by atoms with Crippen LogP contribution in [0.1, 0.15) is 16.7 Å². The van der Waals surface area contributed by atoms with Gasteiger partial charge in [-0.15, -0.1) is 0 Å². The number of nitrogens with one attached hydrogen (secondary N) is 1. The van der Waals surface area contributed by atoms with Crippen LogP contribution < -0.4 is 14.8 Å². The summed E-state index contributed by atoms with van der Waals surface area (Å²) >= 11 is 9.61. The molecule has 30 heavy (non-hydrogen) atoms. The molecule has 0 saturated carbocycles. The summed E-state index contributed by atoms with van der Waals surface area (Å²) in [5.41, 5.74) is 2.35. The fraction of sp³-hybridized carbons (Fsp3) is 0.217. The van der Waals surface area contributed by atoms with Crippen molar-refractivity contribution in [3.8, 4) is 11.5 Å². The Kier molecular flexibility index (Phi) is 8.08. The lowest BCUT2D eigenvalue weighted by atomic mass is 10.1. The molecule has 7 heteroatoms. The quantitative estimate of drug-likeness (QED) is 0.353. The van der Waals surface area contributed by atoms with E-state index in [0.29, 0.717) is 28.6 Å². The molecule has 1 N–H and O–H groups in total. The van der Waals surface area contributed by atoms with E-state index in [4.69, 9.17) is 21.1 Å². The molecule has 0 atom stereocenters. The lowest BCUT2D eigenvalue weighted by Gasteiger charge is -2.15. The maximum atomic E-state index is 14.0. The molecule has 0 aliphatic rings. The molecule has 158 valence electrons. The molecular formula is C23H21BrClF2NO2. The number of rotatable bonds is 9. The maximum Gasteiger partial charge on any atom is 0.162 e. The van der Waals surface area contributed by atoms with Crippen LogP contribution in [0.2, 0.25) is 5.02 Å². The van der Waals surface area contributed by atoms with E-state index in [-0.39, 0.29) is 12.4 Å². The van der Waals surface area contributed by atoms with Gasteiger partial charge in [-0.3, -0.25) is 0 Å². The zero-order valence-corrected chi connectivity index (χ0v) is 18.7. The summed E-state index contributed by atoms with van der Waals surface area (Å²) in [6, 6.07) is 14.7. The third kappa shape index (κ3) is 5.94. The first kappa shape index (κ1) is 22.5. The van der Waals surface area contributed by atoms with E-state index in [2.05, 4.69) is 21.2 Å². The normalized spacial score (nSPS) is 10.8. The van der Waals surface area contributed by atoms with Gasteiger partial charge in [0.15, 0.2) is 11.5 Å². The Hall–Kier alpha value is -2.15. The number of halogens is 4. The van der Waals surface area contributed by atoms with E-state index in [9.17, 15) is 8.78 Å². The van der Waals surface area contributed by atoms with Gasteiger partial charge in [-0.25, -0.2) is 8.78 Å². The molecule has 3 aromatic rings. The second-order valence-corrected chi connectivity index (χ2v) is 7.90. The topological polar surface area (TPSA) is 30.5 Å². The number of benzene rings is 3. The Morgan fingerprint density at radius 2 is 1.80 bits per heavy atom. The molecule has 0 fully saturated rings. The Morgan fingerprint density at radius 3 is 2.50 bits per heavy atom. The predicted octanol–water partition coefficient (Wildman–Crippen LogP) is 6.30. The average molecular weight is 497 g/mol. The van der Waals surface area contributed by atoms with Gasteiger partial charge in [0.25, 0.3) is 0 Å². The molecular weight excluding hydrogens is 476 g/mol. The summed E-state index contributed by atoms with van der Waals surface area (Å²) in [4.78, 5) is 0. The molecule has 0 aliphatic heterocycles. The smallest absolute Gasteiger partial charge is 0.162 e. The summed E-state index contributed by atoms with van der Waals surface area (Å²) in [5.74, 6) is 0.379. The zero-order valence-electron chi connectivity index (χ0n) is 16.4. The average Bonchev–Trinajstić information content (AvgIpc) is 2.73. The van der Waals surface area contributed by atoms with Gasteiger partial charge >= 0.3 is 0 Å². The van der Waals surface area contributed by atoms with E-state index in [0.717, 1.165) is 28.6 Å². The summed E-state index contributed by atoms with van der Waals surface area (Å²) in [6.07, 6.45) is 0.791. The molecule has 0 saturated heterocycles. The Balaban J connectivity index is 1.61. The van der Waals surface area contributed by atoms with Gasteiger partial charge < -0.3 is 14.8 Å². The minimum Gasteiger partial charge on any atom is -0.493 e. The standard InChI is InChI=1S/C23H21BrClF2NO2/c1-29-22-11-16(13-28-10-9-15-5-7-17(26)8-6-15)19(24)12-23(22)30-14-18-20(25)3-2-4-21(18)27/h2-8,11-12,28H,9-10,13-14H2,1H3. The van der Waals surface area contributed by atoms with Crippen LogP contribution in [0.15, 0.2) is 59.1 Å². The van der Waals surface area contributed by atoms with Crippen LogP contribution in [0.25, 0.3) is 0 Å². The Bertz CT molecular complexity index is 979. The molecule has 0 bridgehead atoms. The third-order valence-electron chi connectivity index (χ3n) is 4.59. The van der Waals surface area contributed by atoms with Gasteiger partial charge in [-0.1, -0.05) is 45.7 Å². The number of hydrogen-bond donors (Lipinski definition) is 1. The van der Waals surface area contributed by atoms with Gasteiger partial charge in [-0.2, -0.15) is 0 Å². The molecule has 0 aromatic heterocycles. The molecule has 0 amide bonds. The highest BCUT2D eigenvalue weighted by Gasteiger charge is 2.13. The van der Waals surface area contributed by atoms with Crippen LogP contribution in [-0.4, -0.2) is 13.7 Å². The van der Waals surface area contributed by atoms with Gasteiger partial charge in [0, 0.05) is 16.6 Å². The summed E-state index contributed by atoms with van der Waals surface area (Å²) in [7, 11) is 1.55. The van der Waals surface area contributed by atoms with E-state index >= 15 is 0 Å². The van der Waals surface area contributed by atoms with Gasteiger partial charge in [0.2, 0.25) is 0 Å². The lowest BCUT2D eigenvalue weighted by molar-refractivity contribution is 0.279. The molecule has 3 aromatic carbocycles. The van der Waals surface area contributed by atoms with E-state index in [1.807, 2.05) is 6.07 Å². The Morgan fingerprint density at radius 1 is 1.03 bits per heavy atom. The maximum absolute atomic E-state index is 14.0. The van der Waals surface area contributed by atoms with Crippen molar-refractivity contribution in [2.45, 2.75) is 19.6 Å².